The van der Waals surface area contributed by atoms with Gasteiger partial charge in [-0.05, 0) is 18.2 Å². The standard InChI is InChI=1S/C16H21N3O3/c1-2-6-17-12-15(20)18-14-5-3-4-13(11-14)16(21)19-7-9-22-10-8-19/h2-5,11,17H,1,6-10,12H2,(H,18,20). The average Bonchev–Trinajstić information content (AvgIpc) is 2.55. The molecule has 118 valence electrons. The van der Waals surface area contributed by atoms with Crippen LogP contribution in [0.1, 0.15) is 10.4 Å². The number of nitrogens with one attached hydrogen (secondary N) is 2. The van der Waals surface area contributed by atoms with Gasteiger partial charge in [-0.25, -0.2) is 0 Å². The van der Waals surface area contributed by atoms with E-state index in [1.165, 1.54) is 0 Å². The molecule has 6 heteroatoms. The highest BCUT2D eigenvalue weighted by Crippen LogP contribution is 2.13. The van der Waals surface area contributed by atoms with E-state index in [2.05, 4.69) is 17.2 Å². The molecule has 0 bridgehead atoms. The molecule has 0 spiro atoms. The second kappa shape index (κ2) is 8.31. The van der Waals surface area contributed by atoms with Crippen LogP contribution in [0.4, 0.5) is 5.69 Å². The van der Waals surface area contributed by atoms with E-state index in [4.69, 9.17) is 4.74 Å². The first-order valence-corrected chi connectivity index (χ1v) is 7.29. The molecule has 0 aliphatic carbocycles. The van der Waals surface area contributed by atoms with E-state index in [1.54, 1.807) is 35.2 Å². The molecule has 22 heavy (non-hydrogen) atoms. The van der Waals surface area contributed by atoms with E-state index >= 15 is 0 Å². The number of amides is 2. The lowest BCUT2D eigenvalue weighted by Gasteiger charge is -2.27. The van der Waals surface area contributed by atoms with Crippen molar-refractivity contribution in [3.8, 4) is 0 Å². The van der Waals surface area contributed by atoms with Gasteiger partial charge in [0.1, 0.15) is 0 Å². The van der Waals surface area contributed by atoms with E-state index in [0.717, 1.165) is 0 Å². The molecule has 1 aliphatic rings. The second-order valence-electron chi connectivity index (χ2n) is 4.95. The Morgan fingerprint density at radius 1 is 1.32 bits per heavy atom. The topological polar surface area (TPSA) is 70.7 Å². The SMILES string of the molecule is C=CCNCC(=O)Nc1cccc(C(=O)N2CCOCC2)c1. The molecule has 0 aromatic heterocycles. The lowest BCUT2D eigenvalue weighted by Crippen LogP contribution is -2.40. The molecule has 1 aromatic rings. The molecule has 2 N–H and O–H groups in total. The van der Waals surface area contributed by atoms with Gasteiger partial charge in [0.2, 0.25) is 5.91 Å². The maximum Gasteiger partial charge on any atom is 0.254 e. The van der Waals surface area contributed by atoms with Crippen LogP contribution in [0.3, 0.4) is 0 Å². The van der Waals surface area contributed by atoms with Gasteiger partial charge in [-0.1, -0.05) is 12.1 Å². The summed E-state index contributed by atoms with van der Waals surface area (Å²) in [7, 11) is 0. The Bertz CT molecular complexity index is 539. The van der Waals surface area contributed by atoms with Gasteiger partial charge in [-0.2, -0.15) is 0 Å². The first-order valence-electron chi connectivity index (χ1n) is 7.29. The van der Waals surface area contributed by atoms with Crippen molar-refractivity contribution in [2.75, 3.05) is 44.7 Å². The first kappa shape index (κ1) is 16.2. The van der Waals surface area contributed by atoms with Crippen LogP contribution in [0, 0.1) is 0 Å². The predicted molar refractivity (Wildman–Crippen MR) is 84.9 cm³/mol. The molecule has 0 unspecified atom stereocenters. The maximum absolute atomic E-state index is 12.4. The van der Waals surface area contributed by atoms with Gasteiger partial charge in [0, 0.05) is 30.9 Å². The molecule has 0 saturated carbocycles. The normalized spacial score (nSPS) is 14.5. The Kier molecular flexibility index (Phi) is 6.12. The number of ether oxygens (including phenoxy) is 1. The summed E-state index contributed by atoms with van der Waals surface area (Å²) in [5.41, 5.74) is 1.18. The van der Waals surface area contributed by atoms with Crippen LogP contribution in [0.25, 0.3) is 0 Å². The number of benzene rings is 1. The Morgan fingerprint density at radius 3 is 2.82 bits per heavy atom. The molecular weight excluding hydrogens is 282 g/mol. The summed E-state index contributed by atoms with van der Waals surface area (Å²) in [6.45, 7) is 6.68. The van der Waals surface area contributed by atoms with E-state index in [1.807, 2.05) is 0 Å². The number of carbonyl (C=O) groups excluding carboxylic acids is 2. The van der Waals surface area contributed by atoms with Crippen molar-refractivity contribution in [3.05, 3.63) is 42.5 Å². The van der Waals surface area contributed by atoms with Crippen molar-refractivity contribution in [1.29, 1.82) is 0 Å². The minimum absolute atomic E-state index is 0.0378. The monoisotopic (exact) mass is 303 g/mol. The van der Waals surface area contributed by atoms with Gasteiger partial charge in [0.25, 0.3) is 5.91 Å². The van der Waals surface area contributed by atoms with Crippen LogP contribution >= 0.6 is 0 Å². The first-order chi connectivity index (χ1) is 10.7. The van der Waals surface area contributed by atoms with Crippen LogP contribution < -0.4 is 10.6 Å². The highest BCUT2D eigenvalue weighted by molar-refractivity contribution is 5.97. The third-order valence-corrected chi connectivity index (χ3v) is 3.27. The fourth-order valence-corrected chi connectivity index (χ4v) is 2.17. The smallest absolute Gasteiger partial charge is 0.254 e. The molecule has 6 nitrogen and oxygen atoms in total. The summed E-state index contributed by atoms with van der Waals surface area (Å²) in [6, 6.07) is 6.98. The highest BCUT2D eigenvalue weighted by atomic mass is 16.5. The van der Waals surface area contributed by atoms with Gasteiger partial charge >= 0.3 is 0 Å². The van der Waals surface area contributed by atoms with Gasteiger partial charge in [0.15, 0.2) is 0 Å². The molecule has 2 rings (SSSR count). The Labute approximate surface area is 130 Å². The van der Waals surface area contributed by atoms with Crippen molar-refractivity contribution >= 4 is 17.5 Å². The summed E-state index contributed by atoms with van der Waals surface area (Å²) in [4.78, 5) is 25.9. The number of hydrogen-bond acceptors (Lipinski definition) is 4. The van der Waals surface area contributed by atoms with Crippen molar-refractivity contribution in [3.63, 3.8) is 0 Å². The van der Waals surface area contributed by atoms with E-state index < -0.39 is 0 Å². The quantitative estimate of drug-likeness (QED) is 0.604. The zero-order chi connectivity index (χ0) is 15.8. The predicted octanol–water partition coefficient (Wildman–Crippen LogP) is 0.873. The van der Waals surface area contributed by atoms with Crippen LogP contribution in [0.5, 0.6) is 0 Å². The number of anilines is 1. The fraction of sp³-hybridized carbons (Fsp3) is 0.375. The van der Waals surface area contributed by atoms with E-state index in [-0.39, 0.29) is 18.4 Å². The van der Waals surface area contributed by atoms with Crippen LogP contribution in [0.2, 0.25) is 0 Å². The Morgan fingerprint density at radius 2 is 2.09 bits per heavy atom. The summed E-state index contributed by atoms with van der Waals surface area (Å²) < 4.78 is 5.24. The minimum Gasteiger partial charge on any atom is -0.378 e. The van der Waals surface area contributed by atoms with Crippen molar-refractivity contribution in [2.45, 2.75) is 0 Å². The molecule has 1 fully saturated rings. The Balaban J connectivity index is 1.95. The van der Waals surface area contributed by atoms with Crippen molar-refractivity contribution in [1.82, 2.24) is 10.2 Å². The van der Waals surface area contributed by atoms with Gasteiger partial charge < -0.3 is 20.3 Å². The third kappa shape index (κ3) is 4.68. The van der Waals surface area contributed by atoms with Crippen molar-refractivity contribution < 1.29 is 14.3 Å². The summed E-state index contributed by atoms with van der Waals surface area (Å²) in [5.74, 6) is -0.193. The molecule has 0 radical (unpaired) electrons. The molecule has 1 aromatic carbocycles. The summed E-state index contributed by atoms with van der Waals surface area (Å²) >= 11 is 0. The maximum atomic E-state index is 12.4. The number of nitrogens with zero attached hydrogens (tertiary/aromatic N) is 1. The number of rotatable bonds is 6. The largest absolute Gasteiger partial charge is 0.378 e. The van der Waals surface area contributed by atoms with Crippen molar-refractivity contribution in [2.24, 2.45) is 0 Å². The second-order valence-corrected chi connectivity index (χ2v) is 4.95. The molecule has 0 atom stereocenters. The summed E-state index contributed by atoms with van der Waals surface area (Å²) in [6.07, 6.45) is 1.69. The van der Waals surface area contributed by atoms with Gasteiger partial charge in [-0.3, -0.25) is 9.59 Å². The summed E-state index contributed by atoms with van der Waals surface area (Å²) in [5, 5.41) is 5.69. The Hall–Kier alpha value is -2.18. The van der Waals surface area contributed by atoms with Crippen LogP contribution in [-0.2, 0) is 9.53 Å². The molecule has 1 aliphatic heterocycles. The fourth-order valence-electron chi connectivity index (χ4n) is 2.17. The number of carbonyl (C=O) groups is 2. The van der Waals surface area contributed by atoms with Gasteiger partial charge in [-0.15, -0.1) is 6.58 Å². The molecular formula is C16H21N3O3. The lowest BCUT2D eigenvalue weighted by atomic mass is 10.1. The van der Waals surface area contributed by atoms with Gasteiger partial charge in [0.05, 0.1) is 19.8 Å². The molecule has 2 amide bonds. The minimum atomic E-state index is -0.155. The lowest BCUT2D eigenvalue weighted by molar-refractivity contribution is -0.115. The molecule has 1 heterocycles. The third-order valence-electron chi connectivity index (χ3n) is 3.27. The zero-order valence-corrected chi connectivity index (χ0v) is 12.5. The molecule has 1 saturated heterocycles. The number of hydrogen-bond donors (Lipinski definition) is 2. The van der Waals surface area contributed by atoms with E-state index in [0.29, 0.717) is 44.1 Å². The van der Waals surface area contributed by atoms with Crippen LogP contribution in [0.15, 0.2) is 36.9 Å². The average molecular weight is 303 g/mol. The zero-order valence-electron chi connectivity index (χ0n) is 12.5. The van der Waals surface area contributed by atoms with Crippen LogP contribution in [-0.4, -0.2) is 56.1 Å². The van der Waals surface area contributed by atoms with E-state index in [9.17, 15) is 9.59 Å². The number of morpholine rings is 1. The highest BCUT2D eigenvalue weighted by Gasteiger charge is 2.18.